The Morgan fingerprint density at radius 3 is 2.88 bits per heavy atom. The van der Waals surface area contributed by atoms with Crippen LogP contribution >= 0.6 is 0 Å². The Morgan fingerprint density at radius 2 is 2.03 bits per heavy atom. The molecular formula is C27H38N4O2. The summed E-state index contributed by atoms with van der Waals surface area (Å²) in [5, 5.41) is 7.23. The zero-order chi connectivity index (χ0) is 23.0. The van der Waals surface area contributed by atoms with E-state index in [1.54, 1.807) is 0 Å². The molecule has 1 aromatic heterocycles. The summed E-state index contributed by atoms with van der Waals surface area (Å²) in [6.45, 7) is 6.43. The third-order valence-electron chi connectivity index (χ3n) is 10.9. The van der Waals surface area contributed by atoms with Crippen molar-refractivity contribution >= 4 is 11.8 Å². The number of fused-ring (bicyclic) bond motifs is 6. The van der Waals surface area contributed by atoms with Crippen LogP contribution in [-0.4, -0.2) is 51.4 Å². The van der Waals surface area contributed by atoms with E-state index in [0.717, 1.165) is 25.3 Å². The molecule has 1 N–H and O–H groups in total. The Labute approximate surface area is 197 Å². The van der Waals surface area contributed by atoms with Gasteiger partial charge in [0.15, 0.2) is 0 Å². The van der Waals surface area contributed by atoms with Crippen molar-refractivity contribution in [1.29, 1.82) is 0 Å². The van der Waals surface area contributed by atoms with Crippen molar-refractivity contribution in [3.63, 3.8) is 0 Å². The van der Waals surface area contributed by atoms with Crippen molar-refractivity contribution < 1.29 is 9.59 Å². The topological polar surface area (TPSA) is 69.3 Å². The number of aromatic nitrogens is 2. The molecule has 6 rings (SSSR count). The van der Waals surface area contributed by atoms with E-state index in [1.165, 1.54) is 43.4 Å². The van der Waals surface area contributed by atoms with Gasteiger partial charge in [0.2, 0.25) is 11.8 Å². The summed E-state index contributed by atoms with van der Waals surface area (Å²) in [7, 11) is 1.99. The van der Waals surface area contributed by atoms with E-state index in [2.05, 4.69) is 35.0 Å². The number of hydrogen-bond donors (Lipinski definition) is 1. The molecule has 6 heteroatoms. The highest BCUT2D eigenvalue weighted by atomic mass is 16.2. The minimum Gasteiger partial charge on any atom is -0.338 e. The number of amides is 2. The molecule has 0 spiro atoms. The zero-order valence-corrected chi connectivity index (χ0v) is 20.3. The van der Waals surface area contributed by atoms with Crippen LogP contribution in [0.4, 0.5) is 0 Å². The van der Waals surface area contributed by atoms with Gasteiger partial charge in [0, 0.05) is 55.7 Å². The largest absolute Gasteiger partial charge is 0.338 e. The summed E-state index contributed by atoms with van der Waals surface area (Å²) in [5.74, 6) is 3.08. The monoisotopic (exact) mass is 450 g/mol. The van der Waals surface area contributed by atoms with E-state index in [4.69, 9.17) is 0 Å². The first-order valence-electron chi connectivity index (χ1n) is 13.1. The molecule has 0 radical (unpaired) electrons. The molecule has 3 fully saturated rings. The number of carbonyl (C=O) groups excluding carboxylic acids is 2. The van der Waals surface area contributed by atoms with E-state index in [9.17, 15) is 9.59 Å². The molecule has 2 amide bonds. The summed E-state index contributed by atoms with van der Waals surface area (Å²) in [4.78, 5) is 29.7. The van der Waals surface area contributed by atoms with Crippen LogP contribution in [0.3, 0.4) is 0 Å². The normalized spacial score (nSPS) is 41.9. The fourth-order valence-corrected chi connectivity index (χ4v) is 8.96. The lowest BCUT2D eigenvalue weighted by Crippen LogP contribution is -2.59. The van der Waals surface area contributed by atoms with Gasteiger partial charge >= 0.3 is 0 Å². The number of nitrogens with one attached hydrogen (secondary N) is 1. The van der Waals surface area contributed by atoms with E-state index >= 15 is 0 Å². The molecule has 1 aromatic rings. The van der Waals surface area contributed by atoms with Crippen LogP contribution < -0.4 is 0 Å². The average molecular weight is 451 g/mol. The Hall–Kier alpha value is -2.11. The highest BCUT2D eigenvalue weighted by Gasteiger charge is 2.60. The maximum absolute atomic E-state index is 13.3. The molecule has 2 aliphatic heterocycles. The van der Waals surface area contributed by atoms with Crippen LogP contribution in [0.2, 0.25) is 0 Å². The zero-order valence-electron chi connectivity index (χ0n) is 20.3. The number of carbonyl (C=O) groups is 2. The highest BCUT2D eigenvalue weighted by Crippen LogP contribution is 2.66. The Kier molecular flexibility index (Phi) is 4.83. The maximum atomic E-state index is 13.3. The van der Waals surface area contributed by atoms with Crippen LogP contribution in [0.5, 0.6) is 0 Å². The number of likely N-dealkylation sites (N-methyl/N-ethyl adjacent to an activating group) is 1. The summed E-state index contributed by atoms with van der Waals surface area (Å²) < 4.78 is 0. The smallest absolute Gasteiger partial charge is 0.246 e. The highest BCUT2D eigenvalue weighted by molar-refractivity contribution is 5.89. The van der Waals surface area contributed by atoms with Gasteiger partial charge < -0.3 is 9.80 Å². The molecule has 0 saturated heterocycles. The van der Waals surface area contributed by atoms with Gasteiger partial charge in [0.25, 0.3) is 0 Å². The molecule has 0 aromatic carbocycles. The van der Waals surface area contributed by atoms with Gasteiger partial charge in [-0.2, -0.15) is 5.10 Å². The van der Waals surface area contributed by atoms with Crippen LogP contribution in [0, 0.1) is 34.5 Å². The minimum absolute atomic E-state index is 0.0942. The molecule has 178 valence electrons. The SMILES string of the molecule is CN1C(=O)C=C[C@]2(C)[C@H]3CC[C@]4(C)[C@@H](CC(=O)N5CCc6[nH]ncc6C5)CC[C@H]4[C@@H]3CC[C@@H]12. The third-order valence-corrected chi connectivity index (χ3v) is 10.9. The van der Waals surface area contributed by atoms with Gasteiger partial charge in [-0.15, -0.1) is 0 Å². The van der Waals surface area contributed by atoms with Crippen molar-refractivity contribution in [3.05, 3.63) is 29.6 Å². The van der Waals surface area contributed by atoms with Crippen molar-refractivity contribution in [3.8, 4) is 0 Å². The van der Waals surface area contributed by atoms with E-state index in [1.807, 2.05) is 24.2 Å². The first kappa shape index (κ1) is 21.4. The van der Waals surface area contributed by atoms with E-state index in [-0.39, 0.29) is 16.7 Å². The van der Waals surface area contributed by atoms with Gasteiger partial charge in [0.05, 0.1) is 6.20 Å². The predicted molar refractivity (Wildman–Crippen MR) is 126 cm³/mol. The molecule has 3 saturated carbocycles. The number of hydrogen-bond acceptors (Lipinski definition) is 3. The molecule has 0 unspecified atom stereocenters. The molecule has 3 heterocycles. The Balaban J connectivity index is 1.18. The van der Waals surface area contributed by atoms with Gasteiger partial charge in [-0.25, -0.2) is 0 Å². The van der Waals surface area contributed by atoms with Crippen LogP contribution in [0.15, 0.2) is 18.3 Å². The second kappa shape index (κ2) is 7.44. The Morgan fingerprint density at radius 1 is 1.18 bits per heavy atom. The minimum atomic E-state index is 0.0942. The number of H-pyrrole nitrogens is 1. The fourth-order valence-electron chi connectivity index (χ4n) is 8.96. The maximum Gasteiger partial charge on any atom is 0.246 e. The molecule has 6 nitrogen and oxygen atoms in total. The molecule has 5 aliphatic rings. The van der Waals surface area contributed by atoms with Crippen LogP contribution in [0.1, 0.15) is 70.1 Å². The average Bonchev–Trinajstić information content (AvgIpc) is 3.40. The molecule has 0 bridgehead atoms. The summed E-state index contributed by atoms with van der Waals surface area (Å²) >= 11 is 0. The Bertz CT molecular complexity index is 1000. The fraction of sp³-hybridized carbons (Fsp3) is 0.741. The quantitative estimate of drug-likeness (QED) is 0.742. The summed E-state index contributed by atoms with van der Waals surface area (Å²) in [5.41, 5.74) is 2.74. The number of aromatic amines is 1. The van der Waals surface area contributed by atoms with E-state index in [0.29, 0.717) is 42.7 Å². The van der Waals surface area contributed by atoms with Crippen molar-refractivity contribution in [2.24, 2.45) is 34.5 Å². The van der Waals surface area contributed by atoms with Crippen LogP contribution in [-0.2, 0) is 22.6 Å². The second-order valence-electron chi connectivity index (χ2n) is 12.1. The number of nitrogens with zero attached hydrogens (tertiary/aromatic N) is 3. The lowest BCUT2D eigenvalue weighted by Gasteiger charge is -2.60. The summed E-state index contributed by atoms with van der Waals surface area (Å²) in [6.07, 6.45) is 14.8. The van der Waals surface area contributed by atoms with Crippen LogP contribution in [0.25, 0.3) is 0 Å². The second-order valence-corrected chi connectivity index (χ2v) is 12.1. The first-order valence-corrected chi connectivity index (χ1v) is 13.1. The summed E-state index contributed by atoms with van der Waals surface area (Å²) in [6, 6.07) is 0.339. The molecular weight excluding hydrogens is 412 g/mol. The number of rotatable bonds is 2. The standard InChI is InChI=1S/C27H38N4O2/c1-26-11-8-21-19(5-7-23-27(21,2)12-9-24(32)30(23)3)20(26)6-4-18(26)14-25(33)31-13-10-22-17(16-31)15-28-29-22/h9,12,15,18-21,23H,4-8,10-11,13-14,16H2,1-3H3,(H,28,29)/t18-,19+,20+,21+,23-,26-,27-/m1/s1. The van der Waals surface area contributed by atoms with Crippen molar-refractivity contribution in [1.82, 2.24) is 20.0 Å². The molecule has 7 atom stereocenters. The van der Waals surface area contributed by atoms with Crippen molar-refractivity contribution in [2.75, 3.05) is 13.6 Å². The van der Waals surface area contributed by atoms with Crippen molar-refractivity contribution in [2.45, 2.75) is 77.8 Å². The van der Waals surface area contributed by atoms with E-state index < -0.39 is 0 Å². The lowest BCUT2D eigenvalue weighted by molar-refractivity contribution is -0.140. The predicted octanol–water partition coefficient (Wildman–Crippen LogP) is 3.94. The molecule has 3 aliphatic carbocycles. The first-order chi connectivity index (χ1) is 15.8. The van der Waals surface area contributed by atoms with Gasteiger partial charge in [-0.05, 0) is 73.7 Å². The van der Waals surface area contributed by atoms with Gasteiger partial charge in [-0.3, -0.25) is 14.7 Å². The van der Waals surface area contributed by atoms with Gasteiger partial charge in [0.1, 0.15) is 0 Å². The lowest BCUT2D eigenvalue weighted by atomic mass is 9.47. The third kappa shape index (κ3) is 3.08. The van der Waals surface area contributed by atoms with Gasteiger partial charge in [-0.1, -0.05) is 19.9 Å². The molecule has 33 heavy (non-hydrogen) atoms.